The third-order valence-electron chi connectivity index (χ3n) is 4.36. The van der Waals surface area contributed by atoms with Gasteiger partial charge >= 0.3 is 7.60 Å². The van der Waals surface area contributed by atoms with E-state index in [1.165, 1.54) is 70.6 Å². The zero-order valence-electron chi connectivity index (χ0n) is 16.5. The zero-order valence-corrected chi connectivity index (χ0v) is 17.4. The van der Waals surface area contributed by atoms with Crippen LogP contribution in [0, 0.1) is 0 Å². The van der Waals surface area contributed by atoms with Crippen LogP contribution in [0.3, 0.4) is 0 Å². The Kier molecular flexibility index (Phi) is 18.5. The van der Waals surface area contributed by atoms with Gasteiger partial charge < -0.3 is 15.2 Å². The molecule has 0 spiro atoms. The number of hydrogen-bond donors (Lipinski definition) is 2. The van der Waals surface area contributed by atoms with Gasteiger partial charge in [-0.15, -0.1) is 0 Å². The fourth-order valence-corrected chi connectivity index (χ4v) is 3.96. The minimum Gasteiger partial charge on any atom is -0.328 e. The van der Waals surface area contributed by atoms with E-state index < -0.39 is 7.60 Å². The van der Waals surface area contributed by atoms with Gasteiger partial charge in [0.25, 0.3) is 0 Å². The van der Waals surface area contributed by atoms with Crippen LogP contribution >= 0.6 is 7.60 Å². The van der Waals surface area contributed by atoms with E-state index in [-0.39, 0.29) is 19.3 Å². The van der Waals surface area contributed by atoms with Gasteiger partial charge in [-0.25, -0.2) is 0 Å². The lowest BCUT2D eigenvalue weighted by Gasteiger charge is -2.10. The highest BCUT2D eigenvalue weighted by atomic mass is 31.2. The average Bonchev–Trinajstić information content (AvgIpc) is 2.59. The molecule has 0 radical (unpaired) electrons. The van der Waals surface area contributed by atoms with Crippen molar-refractivity contribution in [2.45, 2.75) is 96.8 Å². The van der Waals surface area contributed by atoms with Gasteiger partial charge in [0, 0.05) is 12.7 Å². The molecule has 0 aliphatic carbocycles. The van der Waals surface area contributed by atoms with Crippen LogP contribution in [0.2, 0.25) is 0 Å². The van der Waals surface area contributed by atoms with Crippen LogP contribution in [0.1, 0.15) is 96.8 Å². The number of allylic oxidation sites excluding steroid dienone is 2. The zero-order chi connectivity index (χ0) is 18.6. The summed E-state index contributed by atoms with van der Waals surface area (Å²) in [5, 5.41) is 0. The van der Waals surface area contributed by atoms with Crippen molar-refractivity contribution in [3.63, 3.8) is 0 Å². The van der Waals surface area contributed by atoms with Crippen LogP contribution in [0.25, 0.3) is 0 Å². The van der Waals surface area contributed by atoms with Crippen LogP contribution in [-0.4, -0.2) is 24.2 Å². The first-order valence-corrected chi connectivity index (χ1v) is 12.2. The van der Waals surface area contributed by atoms with Crippen molar-refractivity contribution < 1.29 is 14.0 Å². The summed E-state index contributed by atoms with van der Waals surface area (Å²) in [4.78, 5) is 9.53. The van der Waals surface area contributed by atoms with Crippen LogP contribution in [0.15, 0.2) is 12.2 Å². The average molecular weight is 376 g/mol. The molecule has 0 bridgehead atoms. The highest BCUT2D eigenvalue weighted by Crippen LogP contribution is 2.42. The van der Waals surface area contributed by atoms with E-state index in [1.54, 1.807) is 0 Å². The second-order valence-corrected chi connectivity index (χ2v) is 8.90. The van der Waals surface area contributed by atoms with Gasteiger partial charge in [-0.1, -0.05) is 76.9 Å². The summed E-state index contributed by atoms with van der Waals surface area (Å²) in [6, 6.07) is 0. The Morgan fingerprint density at radius 1 is 0.840 bits per heavy atom. The molecule has 4 nitrogen and oxygen atoms in total. The second-order valence-electron chi connectivity index (χ2n) is 6.92. The van der Waals surface area contributed by atoms with Crippen molar-refractivity contribution >= 4 is 7.60 Å². The molecule has 0 rings (SSSR count). The lowest BCUT2D eigenvalue weighted by Crippen LogP contribution is -2.08. The molecule has 0 heterocycles. The number of unbranched alkanes of at least 4 members (excludes halogenated alkanes) is 12. The van der Waals surface area contributed by atoms with Gasteiger partial charge in [-0.3, -0.25) is 4.57 Å². The van der Waals surface area contributed by atoms with Gasteiger partial charge in [0.2, 0.25) is 0 Å². The lowest BCUT2D eigenvalue weighted by atomic mass is 10.1. The SMILES string of the molecule is CCCCCCCC/C=C\CCCCCCCCP(=O)(O)OCCN. The highest BCUT2D eigenvalue weighted by Gasteiger charge is 2.17. The fraction of sp³-hybridized carbons (Fsp3) is 0.900. The summed E-state index contributed by atoms with van der Waals surface area (Å²) in [5.74, 6) is 0. The molecule has 1 unspecified atom stereocenters. The molecule has 0 aromatic rings. The fourth-order valence-electron chi connectivity index (χ4n) is 2.82. The third-order valence-corrected chi connectivity index (χ3v) is 5.83. The molecule has 0 aromatic carbocycles. The Morgan fingerprint density at radius 3 is 1.84 bits per heavy atom. The monoisotopic (exact) mass is 375 g/mol. The molecule has 3 N–H and O–H groups in total. The summed E-state index contributed by atoms with van der Waals surface area (Å²) in [6.45, 7) is 2.72. The number of rotatable bonds is 19. The molecule has 25 heavy (non-hydrogen) atoms. The maximum absolute atomic E-state index is 11.6. The topological polar surface area (TPSA) is 72.5 Å². The normalized spacial score (nSPS) is 14.2. The minimum atomic E-state index is -3.39. The first kappa shape index (κ1) is 24.8. The third kappa shape index (κ3) is 20.0. The van der Waals surface area contributed by atoms with Crippen molar-refractivity contribution in [1.82, 2.24) is 0 Å². The summed E-state index contributed by atoms with van der Waals surface area (Å²) in [5.41, 5.74) is 5.26. The summed E-state index contributed by atoms with van der Waals surface area (Å²) >= 11 is 0. The van der Waals surface area contributed by atoms with Crippen molar-refractivity contribution in [2.75, 3.05) is 19.3 Å². The standard InChI is InChI=1S/C20H42NO3P/c1-2-3-4-5-6-7-8-9-10-11-12-13-14-15-16-17-20-25(22,23)24-19-18-21/h9-10H,2-8,11-21H2,1H3,(H,22,23)/b10-9-. The van der Waals surface area contributed by atoms with Gasteiger partial charge in [-0.05, 0) is 32.1 Å². The van der Waals surface area contributed by atoms with Crippen LogP contribution in [0.5, 0.6) is 0 Å². The summed E-state index contributed by atoms with van der Waals surface area (Å²) in [6.07, 6.45) is 22.2. The quantitative estimate of drug-likeness (QED) is 0.160. The molecule has 150 valence electrons. The molecule has 0 fully saturated rings. The van der Waals surface area contributed by atoms with Gasteiger partial charge in [0.1, 0.15) is 0 Å². The molecular formula is C20H42NO3P. The Morgan fingerprint density at radius 2 is 1.32 bits per heavy atom. The van der Waals surface area contributed by atoms with Gasteiger partial charge in [-0.2, -0.15) is 0 Å². The van der Waals surface area contributed by atoms with E-state index in [9.17, 15) is 9.46 Å². The summed E-state index contributed by atoms with van der Waals surface area (Å²) in [7, 11) is -3.39. The summed E-state index contributed by atoms with van der Waals surface area (Å²) < 4.78 is 16.5. The minimum absolute atomic E-state index is 0.167. The first-order chi connectivity index (χ1) is 12.1. The Labute approximate surface area is 156 Å². The van der Waals surface area contributed by atoms with Crippen LogP contribution < -0.4 is 5.73 Å². The lowest BCUT2D eigenvalue weighted by molar-refractivity contribution is 0.266. The second kappa shape index (κ2) is 18.6. The van der Waals surface area contributed by atoms with Crippen molar-refractivity contribution in [2.24, 2.45) is 5.73 Å². The molecule has 0 aliphatic rings. The Balaban J connectivity index is 3.25. The molecule has 0 amide bonds. The molecule has 0 aromatic heterocycles. The van der Waals surface area contributed by atoms with Gasteiger partial charge in [0.05, 0.1) is 6.61 Å². The van der Waals surface area contributed by atoms with Crippen LogP contribution in [0.4, 0.5) is 0 Å². The van der Waals surface area contributed by atoms with Gasteiger partial charge in [0.15, 0.2) is 0 Å². The van der Waals surface area contributed by atoms with Crippen molar-refractivity contribution in [1.29, 1.82) is 0 Å². The maximum Gasteiger partial charge on any atom is 0.328 e. The highest BCUT2D eigenvalue weighted by molar-refractivity contribution is 7.52. The first-order valence-electron chi connectivity index (χ1n) is 10.4. The molecule has 1 atom stereocenters. The van der Waals surface area contributed by atoms with E-state index in [2.05, 4.69) is 19.1 Å². The maximum atomic E-state index is 11.6. The number of nitrogens with two attached hydrogens (primary N) is 1. The van der Waals surface area contributed by atoms with E-state index in [0.717, 1.165) is 19.3 Å². The molecular weight excluding hydrogens is 333 g/mol. The van der Waals surface area contributed by atoms with Crippen molar-refractivity contribution in [3.05, 3.63) is 12.2 Å². The smallest absolute Gasteiger partial charge is 0.328 e. The molecule has 5 heteroatoms. The van der Waals surface area contributed by atoms with E-state index >= 15 is 0 Å². The Bertz CT molecular complexity index is 348. The van der Waals surface area contributed by atoms with Crippen LogP contribution in [-0.2, 0) is 9.09 Å². The molecule has 0 saturated carbocycles. The molecule has 0 aliphatic heterocycles. The predicted octanol–water partition coefficient (Wildman–Crippen LogP) is 6.18. The largest absolute Gasteiger partial charge is 0.328 e. The molecule has 0 saturated heterocycles. The van der Waals surface area contributed by atoms with E-state index in [4.69, 9.17) is 10.3 Å². The predicted molar refractivity (Wildman–Crippen MR) is 109 cm³/mol. The van der Waals surface area contributed by atoms with E-state index in [0.29, 0.717) is 0 Å². The number of hydrogen-bond acceptors (Lipinski definition) is 3. The van der Waals surface area contributed by atoms with Crippen molar-refractivity contribution in [3.8, 4) is 0 Å². The van der Waals surface area contributed by atoms with E-state index in [1.807, 2.05) is 0 Å². The Hall–Kier alpha value is -0.150.